The van der Waals surface area contributed by atoms with Crippen LogP contribution in [0.5, 0.6) is 0 Å². The Hall–Kier alpha value is -3.42. The zero-order valence-corrected chi connectivity index (χ0v) is 17.4. The molecule has 3 aromatic carbocycles. The number of hydrogen-bond acceptors (Lipinski definition) is 5. The Labute approximate surface area is 181 Å². The number of amides is 1. The van der Waals surface area contributed by atoms with Gasteiger partial charge in [0.2, 0.25) is 0 Å². The van der Waals surface area contributed by atoms with Gasteiger partial charge in [-0.15, -0.1) is 0 Å². The molecule has 2 atom stereocenters. The summed E-state index contributed by atoms with van der Waals surface area (Å²) in [7, 11) is -4.63. The molecule has 2 unspecified atom stereocenters. The molecule has 0 spiro atoms. The lowest BCUT2D eigenvalue weighted by Gasteiger charge is -2.30. The molecule has 0 heterocycles. The van der Waals surface area contributed by atoms with Gasteiger partial charge in [-0.1, -0.05) is 36.4 Å². The van der Waals surface area contributed by atoms with Gasteiger partial charge in [-0.2, -0.15) is 18.4 Å². The molecule has 10 heteroatoms. The molecule has 32 heavy (non-hydrogen) atoms. The second kappa shape index (κ2) is 7.93. The number of halogens is 3. The number of carbonyl (C=O) groups is 1. The van der Waals surface area contributed by atoms with Crippen LogP contribution in [0.4, 0.5) is 13.2 Å². The van der Waals surface area contributed by atoms with Crippen molar-refractivity contribution >= 4 is 26.5 Å². The van der Waals surface area contributed by atoms with Gasteiger partial charge in [-0.05, 0) is 47.5 Å². The van der Waals surface area contributed by atoms with E-state index in [9.17, 15) is 31.5 Å². The van der Waals surface area contributed by atoms with Crippen LogP contribution in [0, 0.1) is 11.3 Å². The SMILES string of the molecule is CC(O)(C(N)=O)C(c1ccc(C#N)c(C(F)(F)F)c1)S(=O)(=O)c1ccc2ccccc2c1. The van der Waals surface area contributed by atoms with E-state index in [-0.39, 0.29) is 4.90 Å². The van der Waals surface area contributed by atoms with Crippen molar-refractivity contribution in [3.63, 3.8) is 0 Å². The molecular formula is C22H17F3N2O4S. The van der Waals surface area contributed by atoms with Crippen molar-refractivity contribution < 1.29 is 31.5 Å². The number of nitrogens with two attached hydrogens (primary N) is 1. The van der Waals surface area contributed by atoms with Crippen LogP contribution in [-0.4, -0.2) is 25.0 Å². The van der Waals surface area contributed by atoms with Crippen molar-refractivity contribution in [3.8, 4) is 6.07 Å². The van der Waals surface area contributed by atoms with E-state index in [1.54, 1.807) is 24.3 Å². The molecule has 3 aromatic rings. The maximum atomic E-state index is 13.5. The Kier molecular flexibility index (Phi) is 5.76. The highest BCUT2D eigenvalue weighted by molar-refractivity contribution is 7.91. The van der Waals surface area contributed by atoms with Crippen molar-refractivity contribution in [2.24, 2.45) is 5.73 Å². The summed E-state index contributed by atoms with van der Waals surface area (Å²) in [6.07, 6.45) is -4.98. The van der Waals surface area contributed by atoms with Crippen molar-refractivity contribution in [2.75, 3.05) is 0 Å². The van der Waals surface area contributed by atoms with Gasteiger partial charge in [0.15, 0.2) is 15.4 Å². The summed E-state index contributed by atoms with van der Waals surface area (Å²) in [4.78, 5) is 11.6. The Morgan fingerprint density at radius 1 is 1.06 bits per heavy atom. The Morgan fingerprint density at radius 2 is 1.69 bits per heavy atom. The lowest BCUT2D eigenvalue weighted by atomic mass is 9.92. The lowest BCUT2D eigenvalue weighted by Crippen LogP contribution is -2.48. The summed E-state index contributed by atoms with van der Waals surface area (Å²) in [6, 6.07) is 14.4. The molecule has 0 aliphatic rings. The first-order valence-electron chi connectivity index (χ1n) is 9.16. The minimum Gasteiger partial charge on any atom is -0.379 e. The van der Waals surface area contributed by atoms with Gasteiger partial charge < -0.3 is 10.8 Å². The van der Waals surface area contributed by atoms with E-state index in [0.717, 1.165) is 19.1 Å². The highest BCUT2D eigenvalue weighted by atomic mass is 32.2. The average molecular weight is 462 g/mol. The van der Waals surface area contributed by atoms with E-state index in [2.05, 4.69) is 0 Å². The number of alkyl halides is 3. The third kappa shape index (κ3) is 4.04. The highest BCUT2D eigenvalue weighted by Gasteiger charge is 2.48. The number of benzene rings is 3. The molecule has 0 aliphatic heterocycles. The Morgan fingerprint density at radius 3 is 2.25 bits per heavy atom. The summed E-state index contributed by atoms with van der Waals surface area (Å²) >= 11 is 0. The third-order valence-corrected chi connectivity index (χ3v) is 7.40. The summed E-state index contributed by atoms with van der Waals surface area (Å²) < 4.78 is 67.5. The maximum Gasteiger partial charge on any atom is 0.417 e. The number of nitriles is 1. The Balaban J connectivity index is 2.30. The summed E-state index contributed by atoms with van der Waals surface area (Å²) in [5.74, 6) is -1.44. The number of nitrogens with zero attached hydrogens (tertiary/aromatic N) is 1. The molecule has 166 valence electrons. The first-order valence-corrected chi connectivity index (χ1v) is 10.7. The van der Waals surface area contributed by atoms with Gasteiger partial charge in [0.05, 0.1) is 22.1 Å². The van der Waals surface area contributed by atoms with E-state index in [0.29, 0.717) is 16.8 Å². The van der Waals surface area contributed by atoms with Gasteiger partial charge in [0, 0.05) is 0 Å². The van der Waals surface area contributed by atoms with Crippen LogP contribution in [0.2, 0.25) is 0 Å². The number of carbonyl (C=O) groups excluding carboxylic acids is 1. The van der Waals surface area contributed by atoms with Crippen LogP contribution in [0.25, 0.3) is 10.8 Å². The maximum absolute atomic E-state index is 13.5. The quantitative estimate of drug-likeness (QED) is 0.601. The monoisotopic (exact) mass is 462 g/mol. The molecular weight excluding hydrogens is 445 g/mol. The molecule has 6 nitrogen and oxygen atoms in total. The van der Waals surface area contributed by atoms with Gasteiger partial charge in [0.1, 0.15) is 5.25 Å². The fourth-order valence-corrected chi connectivity index (χ4v) is 5.52. The van der Waals surface area contributed by atoms with Crippen LogP contribution in [0.1, 0.15) is 28.9 Å². The summed E-state index contributed by atoms with van der Waals surface area (Å²) in [5, 5.41) is 18.8. The van der Waals surface area contributed by atoms with E-state index < -0.39 is 49.5 Å². The van der Waals surface area contributed by atoms with Crippen LogP contribution in [-0.2, 0) is 20.8 Å². The van der Waals surface area contributed by atoms with Crippen molar-refractivity contribution in [1.29, 1.82) is 5.26 Å². The fourth-order valence-electron chi connectivity index (χ4n) is 3.47. The van der Waals surface area contributed by atoms with Gasteiger partial charge in [-0.25, -0.2) is 8.42 Å². The zero-order valence-electron chi connectivity index (χ0n) is 16.6. The van der Waals surface area contributed by atoms with Gasteiger partial charge in [-0.3, -0.25) is 4.79 Å². The lowest BCUT2D eigenvalue weighted by molar-refractivity contribution is -0.137. The molecule has 3 N–H and O–H groups in total. The second-order valence-electron chi connectivity index (χ2n) is 7.36. The van der Waals surface area contributed by atoms with Gasteiger partial charge in [0.25, 0.3) is 5.91 Å². The van der Waals surface area contributed by atoms with Crippen LogP contribution >= 0.6 is 0 Å². The topological polar surface area (TPSA) is 121 Å². The minimum absolute atomic E-state index is 0.319. The van der Waals surface area contributed by atoms with E-state index in [1.807, 2.05) is 0 Å². The smallest absolute Gasteiger partial charge is 0.379 e. The average Bonchev–Trinajstić information content (AvgIpc) is 2.72. The van der Waals surface area contributed by atoms with Crippen LogP contribution in [0.15, 0.2) is 65.6 Å². The zero-order chi connectivity index (χ0) is 23.9. The number of aliphatic hydroxyl groups is 1. The molecule has 0 bridgehead atoms. The third-order valence-electron chi connectivity index (χ3n) is 5.14. The van der Waals surface area contributed by atoms with E-state index >= 15 is 0 Å². The summed E-state index contributed by atoms with van der Waals surface area (Å²) in [5.41, 5.74) is -0.197. The molecule has 0 fully saturated rings. The van der Waals surface area contributed by atoms with Crippen molar-refractivity contribution in [1.82, 2.24) is 0 Å². The normalized spacial score (nSPS) is 15.0. The van der Waals surface area contributed by atoms with E-state index in [1.165, 1.54) is 24.3 Å². The van der Waals surface area contributed by atoms with E-state index in [4.69, 9.17) is 11.0 Å². The number of fused-ring (bicyclic) bond motifs is 1. The standard InChI is InChI=1S/C22H17F3N2O4S/c1-21(29,20(27)28)19(15-6-7-16(12-26)18(11-15)22(23,24)25)32(30,31)17-9-8-13-4-2-3-5-14(13)10-17/h2-11,19,29H,1H3,(H2,27,28). The number of rotatable bonds is 5. The molecule has 0 aliphatic carbocycles. The number of hydrogen-bond donors (Lipinski definition) is 2. The predicted molar refractivity (Wildman–Crippen MR) is 110 cm³/mol. The van der Waals surface area contributed by atoms with Crippen molar-refractivity contribution in [3.05, 3.63) is 77.4 Å². The number of sulfone groups is 1. The predicted octanol–water partition coefficient (Wildman–Crippen LogP) is 3.48. The Bertz CT molecular complexity index is 1360. The molecule has 0 saturated carbocycles. The fraction of sp³-hybridized carbons (Fsp3) is 0.182. The molecule has 0 aromatic heterocycles. The first-order chi connectivity index (χ1) is 14.8. The highest BCUT2D eigenvalue weighted by Crippen LogP contribution is 2.41. The van der Waals surface area contributed by atoms with Crippen LogP contribution < -0.4 is 5.73 Å². The van der Waals surface area contributed by atoms with Crippen molar-refractivity contribution in [2.45, 2.75) is 28.8 Å². The number of primary amides is 1. The second-order valence-corrected chi connectivity index (χ2v) is 9.39. The summed E-state index contributed by atoms with van der Waals surface area (Å²) in [6.45, 7) is 0.823. The molecule has 1 amide bonds. The molecule has 0 radical (unpaired) electrons. The minimum atomic E-state index is -4.98. The largest absolute Gasteiger partial charge is 0.417 e. The molecule has 3 rings (SSSR count). The van der Waals surface area contributed by atoms with Gasteiger partial charge >= 0.3 is 6.18 Å². The first kappa shape index (κ1) is 23.2. The molecule has 0 saturated heterocycles. The van der Waals surface area contributed by atoms with Crippen LogP contribution in [0.3, 0.4) is 0 Å².